The molecule has 0 aliphatic heterocycles. The Hall–Kier alpha value is -1.59. The third-order valence-corrected chi connectivity index (χ3v) is 2.30. The number of amidine groups is 1. The minimum absolute atomic E-state index is 0.0992. The van der Waals surface area contributed by atoms with Crippen LogP contribution in [0.5, 0.6) is 0 Å². The van der Waals surface area contributed by atoms with Crippen molar-refractivity contribution in [3.8, 4) is 0 Å². The van der Waals surface area contributed by atoms with Crippen LogP contribution >= 0.6 is 0 Å². The van der Waals surface area contributed by atoms with Gasteiger partial charge in [-0.15, -0.1) is 0 Å². The molecule has 6 heteroatoms. The molecule has 0 spiro atoms. The molecule has 0 aliphatic rings. The van der Waals surface area contributed by atoms with Crippen molar-refractivity contribution in [2.24, 2.45) is 10.9 Å². The van der Waals surface area contributed by atoms with E-state index < -0.39 is 0 Å². The van der Waals surface area contributed by atoms with Crippen molar-refractivity contribution in [1.29, 1.82) is 0 Å². The topological polar surface area (TPSA) is 89.3 Å². The maximum atomic E-state index is 8.52. The minimum atomic E-state index is 0.0992. The standard InChI is InChI=1S/C9H17N5O/c1-4-8(5-9(10)13-15)14-7(3)11-6(2)12-14/h8,15H,4-5H2,1-3H3,(H2,10,13). The summed E-state index contributed by atoms with van der Waals surface area (Å²) in [5, 5.41) is 15.8. The lowest BCUT2D eigenvalue weighted by atomic mass is 10.1. The molecule has 1 rings (SSSR count). The molecule has 1 atom stereocenters. The highest BCUT2D eigenvalue weighted by molar-refractivity contribution is 5.79. The van der Waals surface area contributed by atoms with Crippen LogP contribution in [0.2, 0.25) is 0 Å². The molecule has 3 N–H and O–H groups in total. The summed E-state index contributed by atoms with van der Waals surface area (Å²) in [5.41, 5.74) is 5.48. The van der Waals surface area contributed by atoms with Crippen LogP contribution in [0, 0.1) is 13.8 Å². The van der Waals surface area contributed by atoms with Crippen molar-refractivity contribution in [2.75, 3.05) is 0 Å². The van der Waals surface area contributed by atoms with Gasteiger partial charge in [-0.3, -0.25) is 0 Å². The zero-order valence-corrected chi connectivity index (χ0v) is 9.30. The average Bonchev–Trinajstić information content (AvgIpc) is 2.54. The SMILES string of the molecule is CCC(CC(N)=NO)n1nc(C)nc1C. The summed E-state index contributed by atoms with van der Waals surface area (Å²) in [6.07, 6.45) is 1.34. The van der Waals surface area contributed by atoms with E-state index in [0.29, 0.717) is 6.42 Å². The fraction of sp³-hybridized carbons (Fsp3) is 0.667. The van der Waals surface area contributed by atoms with Gasteiger partial charge in [0, 0.05) is 6.42 Å². The molecule has 0 saturated carbocycles. The smallest absolute Gasteiger partial charge is 0.147 e. The number of nitrogens with two attached hydrogens (primary N) is 1. The Kier molecular flexibility index (Phi) is 3.65. The average molecular weight is 211 g/mol. The first kappa shape index (κ1) is 11.5. The maximum absolute atomic E-state index is 8.52. The third-order valence-electron chi connectivity index (χ3n) is 2.30. The molecule has 0 saturated heterocycles. The van der Waals surface area contributed by atoms with E-state index in [2.05, 4.69) is 15.2 Å². The van der Waals surface area contributed by atoms with Gasteiger partial charge in [-0.05, 0) is 20.3 Å². The van der Waals surface area contributed by atoms with E-state index in [1.165, 1.54) is 0 Å². The Morgan fingerprint density at radius 3 is 2.67 bits per heavy atom. The predicted molar refractivity (Wildman–Crippen MR) is 56.8 cm³/mol. The van der Waals surface area contributed by atoms with Crippen LogP contribution in [-0.2, 0) is 0 Å². The number of nitrogens with zero attached hydrogens (tertiary/aromatic N) is 4. The Morgan fingerprint density at radius 2 is 2.27 bits per heavy atom. The summed E-state index contributed by atoms with van der Waals surface area (Å²) in [6.45, 7) is 5.78. The highest BCUT2D eigenvalue weighted by Gasteiger charge is 2.15. The molecule has 0 radical (unpaired) electrons. The first-order valence-corrected chi connectivity index (χ1v) is 4.94. The van der Waals surface area contributed by atoms with Gasteiger partial charge >= 0.3 is 0 Å². The molecular formula is C9H17N5O. The van der Waals surface area contributed by atoms with Crippen LogP contribution in [0.3, 0.4) is 0 Å². The Morgan fingerprint density at radius 1 is 1.60 bits per heavy atom. The summed E-state index contributed by atoms with van der Waals surface area (Å²) >= 11 is 0. The van der Waals surface area contributed by atoms with Gasteiger partial charge in [0.2, 0.25) is 0 Å². The Bertz CT molecular complexity index is 357. The van der Waals surface area contributed by atoms with Crippen LogP contribution < -0.4 is 5.73 Å². The van der Waals surface area contributed by atoms with Crippen molar-refractivity contribution in [3.05, 3.63) is 11.6 Å². The highest BCUT2D eigenvalue weighted by Crippen LogP contribution is 2.16. The van der Waals surface area contributed by atoms with E-state index in [4.69, 9.17) is 10.9 Å². The zero-order chi connectivity index (χ0) is 11.4. The van der Waals surface area contributed by atoms with E-state index in [0.717, 1.165) is 18.1 Å². The van der Waals surface area contributed by atoms with Crippen LogP contribution in [0.1, 0.15) is 37.5 Å². The van der Waals surface area contributed by atoms with Crippen molar-refractivity contribution in [2.45, 2.75) is 39.7 Å². The zero-order valence-electron chi connectivity index (χ0n) is 9.30. The summed E-state index contributed by atoms with van der Waals surface area (Å²) in [7, 11) is 0. The van der Waals surface area contributed by atoms with Gasteiger partial charge in [0.05, 0.1) is 6.04 Å². The molecule has 15 heavy (non-hydrogen) atoms. The number of hydrogen-bond donors (Lipinski definition) is 2. The second kappa shape index (κ2) is 4.77. The Labute approximate surface area is 88.8 Å². The van der Waals surface area contributed by atoms with Gasteiger partial charge in [-0.1, -0.05) is 12.1 Å². The van der Waals surface area contributed by atoms with Crippen LogP contribution in [0.25, 0.3) is 0 Å². The van der Waals surface area contributed by atoms with Crippen molar-refractivity contribution in [1.82, 2.24) is 14.8 Å². The lowest BCUT2D eigenvalue weighted by molar-refractivity contribution is 0.314. The van der Waals surface area contributed by atoms with Crippen LogP contribution in [-0.4, -0.2) is 25.8 Å². The molecule has 0 bridgehead atoms. The molecule has 1 unspecified atom stereocenters. The van der Waals surface area contributed by atoms with Gasteiger partial charge in [-0.2, -0.15) is 5.10 Å². The minimum Gasteiger partial charge on any atom is -0.409 e. The molecule has 1 aromatic rings. The Balaban J connectivity index is 2.87. The largest absolute Gasteiger partial charge is 0.409 e. The second-order valence-corrected chi connectivity index (χ2v) is 3.51. The van der Waals surface area contributed by atoms with E-state index in [1.807, 2.05) is 25.5 Å². The lowest BCUT2D eigenvalue weighted by Crippen LogP contribution is -2.21. The van der Waals surface area contributed by atoms with Gasteiger partial charge in [-0.25, -0.2) is 9.67 Å². The summed E-state index contributed by atoms with van der Waals surface area (Å²) in [6, 6.07) is 0.0992. The fourth-order valence-corrected chi connectivity index (χ4v) is 1.57. The first-order valence-electron chi connectivity index (χ1n) is 4.94. The van der Waals surface area contributed by atoms with Gasteiger partial charge in [0.25, 0.3) is 0 Å². The molecule has 0 fully saturated rings. The molecule has 0 amide bonds. The van der Waals surface area contributed by atoms with E-state index >= 15 is 0 Å². The molecule has 0 aromatic carbocycles. The van der Waals surface area contributed by atoms with Crippen LogP contribution in [0.15, 0.2) is 5.16 Å². The molecular weight excluding hydrogens is 194 g/mol. The van der Waals surface area contributed by atoms with Crippen LogP contribution in [0.4, 0.5) is 0 Å². The van der Waals surface area contributed by atoms with Gasteiger partial charge in [0.15, 0.2) is 0 Å². The summed E-state index contributed by atoms with van der Waals surface area (Å²) < 4.78 is 1.83. The molecule has 6 nitrogen and oxygen atoms in total. The number of hydrogen-bond acceptors (Lipinski definition) is 4. The first-order chi connectivity index (χ1) is 7.08. The maximum Gasteiger partial charge on any atom is 0.147 e. The molecule has 1 aromatic heterocycles. The van der Waals surface area contributed by atoms with Gasteiger partial charge < -0.3 is 10.9 Å². The fourth-order valence-electron chi connectivity index (χ4n) is 1.57. The summed E-state index contributed by atoms with van der Waals surface area (Å²) in [4.78, 5) is 4.22. The van der Waals surface area contributed by atoms with E-state index in [1.54, 1.807) is 0 Å². The molecule has 1 heterocycles. The lowest BCUT2D eigenvalue weighted by Gasteiger charge is -2.15. The van der Waals surface area contributed by atoms with Crippen molar-refractivity contribution >= 4 is 5.84 Å². The monoisotopic (exact) mass is 211 g/mol. The van der Waals surface area contributed by atoms with Crippen molar-refractivity contribution in [3.63, 3.8) is 0 Å². The normalized spacial score (nSPS) is 14.2. The number of aryl methyl sites for hydroxylation is 2. The number of rotatable bonds is 4. The predicted octanol–water partition coefficient (Wildman–Crippen LogP) is 0.983. The summed E-state index contributed by atoms with van der Waals surface area (Å²) in [5.74, 6) is 1.81. The quantitative estimate of drug-likeness (QED) is 0.336. The van der Waals surface area contributed by atoms with E-state index in [9.17, 15) is 0 Å². The van der Waals surface area contributed by atoms with Gasteiger partial charge in [0.1, 0.15) is 17.5 Å². The highest BCUT2D eigenvalue weighted by atomic mass is 16.4. The molecule has 84 valence electrons. The third kappa shape index (κ3) is 2.68. The van der Waals surface area contributed by atoms with E-state index in [-0.39, 0.29) is 11.9 Å². The number of oxime groups is 1. The second-order valence-electron chi connectivity index (χ2n) is 3.51. The number of aromatic nitrogens is 3. The molecule has 0 aliphatic carbocycles. The van der Waals surface area contributed by atoms with Crippen molar-refractivity contribution < 1.29 is 5.21 Å².